The highest BCUT2D eigenvalue weighted by molar-refractivity contribution is 6.21. The van der Waals surface area contributed by atoms with Gasteiger partial charge in [-0.3, -0.25) is 0 Å². The van der Waals surface area contributed by atoms with Gasteiger partial charge in [0.2, 0.25) is 0 Å². The van der Waals surface area contributed by atoms with Crippen molar-refractivity contribution in [1.29, 1.82) is 0 Å². The Morgan fingerprint density at radius 2 is 1.95 bits per heavy atom. The van der Waals surface area contributed by atoms with Gasteiger partial charge in [-0.15, -0.1) is 11.6 Å². The molecule has 0 aliphatic carbocycles. The second kappa shape index (κ2) is 6.15. The van der Waals surface area contributed by atoms with Crippen LogP contribution in [-0.4, -0.2) is 34.1 Å². The average Bonchev–Trinajstić information content (AvgIpc) is 2.66. The average molecular weight is 292 g/mol. The van der Waals surface area contributed by atoms with Crippen molar-refractivity contribution < 1.29 is 0 Å². The van der Waals surface area contributed by atoms with Crippen LogP contribution in [0.25, 0.3) is 11.0 Å². The van der Waals surface area contributed by atoms with Gasteiger partial charge in [0, 0.05) is 13.6 Å². The third-order valence-corrected chi connectivity index (χ3v) is 4.62. The number of likely N-dealkylation sites (tertiary alicyclic amines) is 1. The van der Waals surface area contributed by atoms with Gasteiger partial charge in [0.1, 0.15) is 0 Å². The molecule has 0 amide bonds. The molecule has 108 valence electrons. The van der Waals surface area contributed by atoms with Crippen LogP contribution in [0, 0.1) is 0 Å². The van der Waals surface area contributed by atoms with Gasteiger partial charge in [0.25, 0.3) is 0 Å². The Bertz CT molecular complexity index is 570. The molecule has 0 bridgehead atoms. The molecule has 3 rings (SSSR count). The van der Waals surface area contributed by atoms with Gasteiger partial charge >= 0.3 is 0 Å². The molecule has 0 saturated carbocycles. The molecule has 0 spiro atoms. The Labute approximate surface area is 125 Å². The predicted molar refractivity (Wildman–Crippen MR) is 84.2 cm³/mol. The number of halogens is 1. The van der Waals surface area contributed by atoms with E-state index in [2.05, 4.69) is 28.1 Å². The minimum Gasteiger partial charge on any atom is -0.334 e. The summed E-state index contributed by atoms with van der Waals surface area (Å²) >= 11 is 6.62. The number of rotatable bonds is 3. The van der Waals surface area contributed by atoms with Crippen molar-refractivity contribution in [3.8, 4) is 0 Å². The molecule has 1 aliphatic rings. The molecular weight excluding hydrogens is 270 g/mol. The largest absolute Gasteiger partial charge is 0.334 e. The maximum Gasteiger partial charge on any atom is 0.0955 e. The highest BCUT2D eigenvalue weighted by Gasteiger charge is 2.16. The fourth-order valence-electron chi connectivity index (χ4n) is 3.00. The molecular formula is C16H22ClN3. The topological polar surface area (TPSA) is 21.1 Å². The zero-order valence-electron chi connectivity index (χ0n) is 12.1. The van der Waals surface area contributed by atoms with Crippen molar-refractivity contribution in [2.24, 2.45) is 7.05 Å². The van der Waals surface area contributed by atoms with E-state index in [1.54, 1.807) is 0 Å². The van der Waals surface area contributed by atoms with Crippen molar-refractivity contribution in [2.45, 2.75) is 31.1 Å². The van der Waals surface area contributed by atoms with E-state index >= 15 is 0 Å². The molecule has 1 aromatic carbocycles. The highest BCUT2D eigenvalue weighted by Crippen LogP contribution is 2.26. The molecule has 1 saturated heterocycles. The van der Waals surface area contributed by atoms with Crippen LogP contribution in [0.15, 0.2) is 24.5 Å². The Kier molecular flexibility index (Phi) is 4.27. The molecule has 2 heterocycles. The van der Waals surface area contributed by atoms with E-state index in [-0.39, 0.29) is 5.38 Å². The van der Waals surface area contributed by atoms with Crippen LogP contribution in [0.3, 0.4) is 0 Å². The lowest BCUT2D eigenvalue weighted by atomic mass is 10.1. The van der Waals surface area contributed by atoms with Crippen LogP contribution in [0.4, 0.5) is 0 Å². The summed E-state index contributed by atoms with van der Waals surface area (Å²) in [5, 5.41) is 0.0551. The number of alkyl halides is 1. The van der Waals surface area contributed by atoms with Gasteiger partial charge < -0.3 is 9.47 Å². The summed E-state index contributed by atoms with van der Waals surface area (Å²) < 4.78 is 2.04. The molecule has 1 aromatic heterocycles. The normalized spacial score (nSPS) is 19.1. The van der Waals surface area contributed by atoms with E-state index in [0.29, 0.717) is 0 Å². The number of hydrogen-bond acceptors (Lipinski definition) is 2. The minimum absolute atomic E-state index is 0.0551. The molecule has 1 unspecified atom stereocenters. The number of aryl methyl sites for hydroxylation is 1. The van der Waals surface area contributed by atoms with Crippen LogP contribution in [0.2, 0.25) is 0 Å². The van der Waals surface area contributed by atoms with Gasteiger partial charge in [0.15, 0.2) is 0 Å². The number of fused-ring (bicyclic) bond motifs is 1. The lowest BCUT2D eigenvalue weighted by Gasteiger charge is -2.23. The van der Waals surface area contributed by atoms with Crippen molar-refractivity contribution in [2.75, 3.05) is 19.6 Å². The third-order valence-electron chi connectivity index (χ3n) is 4.23. The monoisotopic (exact) mass is 291 g/mol. The first-order valence-corrected chi connectivity index (χ1v) is 7.95. The Morgan fingerprint density at radius 3 is 2.70 bits per heavy atom. The molecule has 0 radical (unpaired) electrons. The van der Waals surface area contributed by atoms with E-state index in [9.17, 15) is 0 Å². The zero-order valence-corrected chi connectivity index (χ0v) is 12.8. The first-order chi connectivity index (χ1) is 9.74. The van der Waals surface area contributed by atoms with Gasteiger partial charge in [-0.05, 0) is 43.6 Å². The quantitative estimate of drug-likeness (QED) is 0.804. The summed E-state index contributed by atoms with van der Waals surface area (Å²) in [4.78, 5) is 6.92. The Hall–Kier alpha value is -1.06. The second-order valence-corrected chi connectivity index (χ2v) is 6.31. The Morgan fingerprint density at radius 1 is 1.20 bits per heavy atom. The van der Waals surface area contributed by atoms with Crippen LogP contribution >= 0.6 is 11.6 Å². The minimum atomic E-state index is 0.0551. The smallest absolute Gasteiger partial charge is 0.0955 e. The summed E-state index contributed by atoms with van der Waals surface area (Å²) in [6.45, 7) is 3.32. The van der Waals surface area contributed by atoms with E-state index in [0.717, 1.165) is 17.6 Å². The van der Waals surface area contributed by atoms with Gasteiger partial charge in [-0.25, -0.2) is 4.98 Å². The van der Waals surface area contributed by atoms with Crippen molar-refractivity contribution in [3.05, 3.63) is 30.1 Å². The summed E-state index contributed by atoms with van der Waals surface area (Å²) in [5.74, 6) is 0. The molecule has 0 N–H and O–H groups in total. The maximum atomic E-state index is 6.62. The van der Waals surface area contributed by atoms with Gasteiger partial charge in [0.05, 0.1) is 22.7 Å². The fraction of sp³-hybridized carbons (Fsp3) is 0.562. The van der Waals surface area contributed by atoms with Crippen LogP contribution in [0.5, 0.6) is 0 Å². The van der Waals surface area contributed by atoms with E-state index in [1.807, 2.05) is 17.9 Å². The molecule has 20 heavy (non-hydrogen) atoms. The van der Waals surface area contributed by atoms with Crippen molar-refractivity contribution >= 4 is 22.6 Å². The van der Waals surface area contributed by atoms with E-state index in [1.165, 1.54) is 44.3 Å². The molecule has 4 heteroatoms. The fourth-order valence-corrected chi connectivity index (χ4v) is 3.33. The van der Waals surface area contributed by atoms with Crippen molar-refractivity contribution in [1.82, 2.24) is 14.5 Å². The first kappa shape index (κ1) is 13.9. The molecule has 2 aromatic rings. The number of nitrogens with zero attached hydrogens (tertiary/aromatic N) is 3. The van der Waals surface area contributed by atoms with Crippen LogP contribution in [-0.2, 0) is 7.05 Å². The number of hydrogen-bond donors (Lipinski definition) is 0. The summed E-state index contributed by atoms with van der Waals surface area (Å²) in [5.41, 5.74) is 3.38. The molecule has 1 fully saturated rings. The summed E-state index contributed by atoms with van der Waals surface area (Å²) in [6.07, 6.45) is 7.20. The van der Waals surface area contributed by atoms with E-state index in [4.69, 9.17) is 11.6 Å². The predicted octanol–water partition coefficient (Wildman–Crippen LogP) is 3.73. The van der Waals surface area contributed by atoms with Gasteiger partial charge in [-0.2, -0.15) is 0 Å². The number of imidazole rings is 1. The van der Waals surface area contributed by atoms with E-state index < -0.39 is 0 Å². The summed E-state index contributed by atoms with van der Waals surface area (Å²) in [7, 11) is 2.02. The second-order valence-electron chi connectivity index (χ2n) is 5.79. The standard InChI is InChI=1S/C16H22ClN3/c1-19-12-18-15-10-13(6-7-16(15)19)14(17)11-20-8-4-2-3-5-9-20/h6-7,10,12,14H,2-5,8-9,11H2,1H3. The summed E-state index contributed by atoms with van der Waals surface area (Å²) in [6, 6.07) is 6.39. The SMILES string of the molecule is Cn1cnc2cc(C(Cl)CN3CCCCCC3)ccc21. The lowest BCUT2D eigenvalue weighted by molar-refractivity contribution is 0.285. The molecule has 1 atom stereocenters. The van der Waals surface area contributed by atoms with Crippen LogP contribution in [0.1, 0.15) is 36.6 Å². The third kappa shape index (κ3) is 2.99. The van der Waals surface area contributed by atoms with Gasteiger partial charge in [-0.1, -0.05) is 18.9 Å². The Balaban J connectivity index is 1.72. The first-order valence-electron chi connectivity index (χ1n) is 7.51. The molecule has 1 aliphatic heterocycles. The zero-order chi connectivity index (χ0) is 13.9. The lowest BCUT2D eigenvalue weighted by Crippen LogP contribution is -2.28. The van der Waals surface area contributed by atoms with Crippen LogP contribution < -0.4 is 0 Å². The maximum absolute atomic E-state index is 6.62. The number of benzene rings is 1. The number of aromatic nitrogens is 2. The molecule has 3 nitrogen and oxygen atoms in total. The highest BCUT2D eigenvalue weighted by atomic mass is 35.5. The van der Waals surface area contributed by atoms with Crippen molar-refractivity contribution in [3.63, 3.8) is 0 Å².